The molecule has 0 heterocycles. The fraction of sp³-hybridized carbons (Fsp3) is 0.455. The lowest BCUT2D eigenvalue weighted by atomic mass is 10.1. The highest BCUT2D eigenvalue weighted by molar-refractivity contribution is 7.89. The molecule has 0 bridgehead atoms. The van der Waals surface area contributed by atoms with Gasteiger partial charge in [0.25, 0.3) is 0 Å². The van der Waals surface area contributed by atoms with Crippen molar-refractivity contribution in [3.05, 3.63) is 23.8 Å². The second kappa shape index (κ2) is 5.23. The van der Waals surface area contributed by atoms with Crippen LogP contribution in [0.1, 0.15) is 12.5 Å². The summed E-state index contributed by atoms with van der Waals surface area (Å²) in [7, 11) is -3.85. The van der Waals surface area contributed by atoms with E-state index in [9.17, 15) is 8.42 Å². The predicted octanol–water partition coefficient (Wildman–Crippen LogP) is -0.401. The molecule has 6 nitrogen and oxygen atoms in total. The minimum Gasteiger partial charge on any atom is -0.399 e. The molecule has 18 heavy (non-hydrogen) atoms. The van der Waals surface area contributed by atoms with Crippen molar-refractivity contribution in [3.63, 3.8) is 0 Å². The molecule has 0 unspecified atom stereocenters. The van der Waals surface area contributed by atoms with Gasteiger partial charge in [-0.25, -0.2) is 13.1 Å². The fourth-order valence-electron chi connectivity index (χ4n) is 1.40. The number of aryl methyl sites for hydroxylation is 1. The summed E-state index contributed by atoms with van der Waals surface area (Å²) in [6.45, 7) is 2.03. The maximum absolute atomic E-state index is 12.1. The van der Waals surface area contributed by atoms with Crippen LogP contribution in [-0.2, 0) is 10.0 Å². The van der Waals surface area contributed by atoms with Crippen LogP contribution < -0.4 is 10.5 Å². The quantitative estimate of drug-likeness (QED) is 0.546. The maximum atomic E-state index is 12.1. The molecule has 0 aliphatic carbocycles. The van der Waals surface area contributed by atoms with E-state index in [-0.39, 0.29) is 4.90 Å². The number of benzene rings is 1. The number of nitrogen functional groups attached to an aromatic ring is 1. The van der Waals surface area contributed by atoms with Gasteiger partial charge in [-0.3, -0.25) is 0 Å². The summed E-state index contributed by atoms with van der Waals surface area (Å²) >= 11 is 0. The molecule has 7 heteroatoms. The molecular formula is C11H18N2O4S. The molecule has 0 aromatic heterocycles. The Morgan fingerprint density at radius 3 is 2.39 bits per heavy atom. The molecule has 0 fully saturated rings. The Balaban J connectivity index is 3.18. The Morgan fingerprint density at radius 2 is 1.89 bits per heavy atom. The second-order valence-corrected chi connectivity index (χ2v) is 6.16. The van der Waals surface area contributed by atoms with Crippen molar-refractivity contribution in [2.75, 3.05) is 18.9 Å². The SMILES string of the molecule is Cc1ccc(N)cc1S(=O)(=O)NC(C)(CO)CO. The Hall–Kier alpha value is -1.15. The van der Waals surface area contributed by atoms with E-state index in [4.69, 9.17) is 15.9 Å². The Morgan fingerprint density at radius 1 is 1.33 bits per heavy atom. The van der Waals surface area contributed by atoms with Crippen LogP contribution in [0.15, 0.2) is 23.1 Å². The molecular weight excluding hydrogens is 256 g/mol. The third-order valence-corrected chi connectivity index (χ3v) is 4.36. The second-order valence-electron chi connectivity index (χ2n) is 4.51. The molecule has 0 radical (unpaired) electrons. The maximum Gasteiger partial charge on any atom is 0.241 e. The summed E-state index contributed by atoms with van der Waals surface area (Å²) in [6.07, 6.45) is 0. The van der Waals surface area contributed by atoms with Crippen LogP contribution in [0.3, 0.4) is 0 Å². The van der Waals surface area contributed by atoms with Crippen LogP contribution in [-0.4, -0.2) is 37.4 Å². The number of nitrogens with one attached hydrogen (secondary N) is 1. The molecule has 0 spiro atoms. The van der Waals surface area contributed by atoms with E-state index in [0.29, 0.717) is 11.3 Å². The van der Waals surface area contributed by atoms with Gasteiger partial charge in [0, 0.05) is 5.69 Å². The highest BCUT2D eigenvalue weighted by atomic mass is 32.2. The van der Waals surface area contributed by atoms with Crippen molar-refractivity contribution in [3.8, 4) is 0 Å². The smallest absolute Gasteiger partial charge is 0.241 e. The number of hydrogen-bond acceptors (Lipinski definition) is 5. The normalized spacial score (nSPS) is 12.7. The zero-order valence-electron chi connectivity index (χ0n) is 10.3. The summed E-state index contributed by atoms with van der Waals surface area (Å²) in [6, 6.07) is 4.54. The van der Waals surface area contributed by atoms with Crippen LogP contribution in [0.25, 0.3) is 0 Å². The lowest BCUT2D eigenvalue weighted by Crippen LogP contribution is -2.51. The van der Waals surface area contributed by atoms with Crippen LogP contribution >= 0.6 is 0 Å². The molecule has 0 aliphatic heterocycles. The van der Waals surface area contributed by atoms with E-state index in [0.717, 1.165) is 0 Å². The van der Waals surface area contributed by atoms with Gasteiger partial charge in [-0.15, -0.1) is 0 Å². The van der Waals surface area contributed by atoms with E-state index in [2.05, 4.69) is 4.72 Å². The van der Waals surface area contributed by atoms with Gasteiger partial charge in [-0.1, -0.05) is 6.07 Å². The van der Waals surface area contributed by atoms with Gasteiger partial charge in [0.2, 0.25) is 10.0 Å². The van der Waals surface area contributed by atoms with Crippen molar-refractivity contribution >= 4 is 15.7 Å². The molecule has 5 N–H and O–H groups in total. The van der Waals surface area contributed by atoms with Crippen LogP contribution in [0.5, 0.6) is 0 Å². The Bertz CT molecular complexity index is 524. The standard InChI is InChI=1S/C11H18N2O4S/c1-8-3-4-9(12)5-10(8)18(16,17)13-11(2,6-14)7-15/h3-5,13-15H,6-7,12H2,1-2H3. The number of anilines is 1. The van der Waals surface area contributed by atoms with E-state index in [1.807, 2.05) is 0 Å². The molecule has 1 aromatic rings. The number of rotatable bonds is 5. The molecule has 0 saturated carbocycles. The first-order valence-electron chi connectivity index (χ1n) is 5.36. The first-order chi connectivity index (χ1) is 8.24. The van der Waals surface area contributed by atoms with E-state index in [1.54, 1.807) is 19.1 Å². The van der Waals surface area contributed by atoms with Crippen molar-refractivity contribution in [1.29, 1.82) is 0 Å². The Labute approximate surface area is 106 Å². The lowest BCUT2D eigenvalue weighted by Gasteiger charge is -2.26. The zero-order valence-corrected chi connectivity index (χ0v) is 11.2. The molecule has 0 amide bonds. The number of aliphatic hydroxyl groups excluding tert-OH is 2. The topological polar surface area (TPSA) is 113 Å². The third kappa shape index (κ3) is 3.20. The first-order valence-corrected chi connectivity index (χ1v) is 6.84. The van der Waals surface area contributed by atoms with Crippen LogP contribution in [0, 0.1) is 6.92 Å². The minimum atomic E-state index is -3.85. The highest BCUT2D eigenvalue weighted by Gasteiger charge is 2.30. The average Bonchev–Trinajstić information content (AvgIpc) is 2.31. The summed E-state index contributed by atoms with van der Waals surface area (Å²) < 4.78 is 26.6. The van der Waals surface area contributed by atoms with E-state index < -0.39 is 28.8 Å². The number of sulfonamides is 1. The number of nitrogens with two attached hydrogens (primary N) is 1. The summed E-state index contributed by atoms with van der Waals surface area (Å²) in [5.41, 5.74) is 5.12. The van der Waals surface area contributed by atoms with Gasteiger partial charge in [-0.2, -0.15) is 0 Å². The van der Waals surface area contributed by atoms with Gasteiger partial charge in [0.1, 0.15) is 0 Å². The number of aliphatic hydroxyl groups is 2. The van der Waals surface area contributed by atoms with Crippen LogP contribution in [0.2, 0.25) is 0 Å². The Kier molecular flexibility index (Phi) is 4.33. The van der Waals surface area contributed by atoms with Crippen molar-refractivity contribution in [2.45, 2.75) is 24.3 Å². The van der Waals surface area contributed by atoms with Gasteiger partial charge in [0.05, 0.1) is 23.6 Å². The highest BCUT2D eigenvalue weighted by Crippen LogP contribution is 2.20. The molecule has 0 aliphatic rings. The predicted molar refractivity (Wildman–Crippen MR) is 68.5 cm³/mol. The van der Waals surface area contributed by atoms with Crippen LogP contribution in [0.4, 0.5) is 5.69 Å². The zero-order chi connectivity index (χ0) is 14.0. The first kappa shape index (κ1) is 14.9. The lowest BCUT2D eigenvalue weighted by molar-refractivity contribution is 0.121. The fourth-order valence-corrected chi connectivity index (χ4v) is 3.07. The number of hydrogen-bond donors (Lipinski definition) is 4. The van der Waals surface area contributed by atoms with Crippen molar-refractivity contribution < 1.29 is 18.6 Å². The monoisotopic (exact) mass is 274 g/mol. The minimum absolute atomic E-state index is 0.0376. The average molecular weight is 274 g/mol. The molecule has 0 saturated heterocycles. The van der Waals surface area contributed by atoms with E-state index in [1.165, 1.54) is 13.0 Å². The molecule has 0 atom stereocenters. The largest absolute Gasteiger partial charge is 0.399 e. The van der Waals surface area contributed by atoms with Gasteiger partial charge < -0.3 is 15.9 Å². The molecule has 1 rings (SSSR count). The third-order valence-electron chi connectivity index (χ3n) is 2.58. The summed E-state index contributed by atoms with van der Waals surface area (Å²) in [5.74, 6) is 0. The van der Waals surface area contributed by atoms with Crippen molar-refractivity contribution in [2.24, 2.45) is 0 Å². The van der Waals surface area contributed by atoms with E-state index >= 15 is 0 Å². The van der Waals surface area contributed by atoms with Gasteiger partial charge in [0.15, 0.2) is 0 Å². The van der Waals surface area contributed by atoms with Gasteiger partial charge in [-0.05, 0) is 31.5 Å². The van der Waals surface area contributed by atoms with Gasteiger partial charge >= 0.3 is 0 Å². The van der Waals surface area contributed by atoms with Crippen molar-refractivity contribution in [1.82, 2.24) is 4.72 Å². The summed E-state index contributed by atoms with van der Waals surface area (Å²) in [5, 5.41) is 18.2. The molecule has 102 valence electrons. The molecule has 1 aromatic carbocycles. The summed E-state index contributed by atoms with van der Waals surface area (Å²) in [4.78, 5) is 0.0376.